The molecule has 0 fully saturated rings. The van der Waals surface area contributed by atoms with Crippen LogP contribution in [-0.4, -0.2) is 57.3 Å². The van der Waals surface area contributed by atoms with E-state index in [1.807, 2.05) is 0 Å². The third kappa shape index (κ3) is 53.4. The first-order valence-electron chi connectivity index (χ1n) is 32.2. The van der Waals surface area contributed by atoms with Gasteiger partial charge in [-0.15, -0.1) is 0 Å². The number of allylic oxidation sites excluding steroid dienone is 4. The molecule has 0 aromatic carbocycles. The minimum atomic E-state index is -1.26. The summed E-state index contributed by atoms with van der Waals surface area (Å²) in [5, 5.41) is 44.2. The van der Waals surface area contributed by atoms with Crippen LogP contribution in [0.2, 0.25) is 0 Å². The second-order valence-electron chi connectivity index (χ2n) is 22.5. The van der Waals surface area contributed by atoms with Gasteiger partial charge in [0.2, 0.25) is 5.91 Å². The lowest BCUT2D eigenvalue weighted by Gasteiger charge is -2.27. The van der Waals surface area contributed by atoms with Gasteiger partial charge in [-0.25, -0.2) is 0 Å². The number of hydrogen-bond acceptors (Lipinski definition) is 5. The van der Waals surface area contributed by atoms with Crippen molar-refractivity contribution in [1.29, 1.82) is 0 Å². The Labute approximate surface area is 444 Å². The zero-order chi connectivity index (χ0) is 51.6. The van der Waals surface area contributed by atoms with E-state index in [1.54, 1.807) is 0 Å². The number of carbonyl (C=O) groups excluding carboxylic acids is 1. The van der Waals surface area contributed by atoms with E-state index in [0.717, 1.165) is 44.9 Å². The monoisotopic (exact) mass is 1000 g/mol. The van der Waals surface area contributed by atoms with Crippen LogP contribution >= 0.6 is 0 Å². The Morgan fingerprint density at radius 1 is 0.352 bits per heavy atom. The maximum atomic E-state index is 12.6. The van der Waals surface area contributed by atoms with Crippen LogP contribution in [-0.2, 0) is 4.79 Å². The standard InChI is InChI=1S/C65H127NO5/c1-3-5-7-9-11-13-15-17-19-21-23-25-27-29-30-31-32-33-35-37-39-41-43-45-47-49-51-53-55-57-59-63(69)65(71)66-61(60-67)64(70)62(68)58-56-54-52-50-48-46-44-42-40-38-36-34-28-26-24-22-20-18-16-14-12-10-8-6-4-2/h23,25,29-30,61-64,67-70H,3-22,24,26-28,31-60H2,1-2H3,(H,66,71)/b25-23-,30-29-. The molecule has 0 spiro atoms. The molecule has 0 saturated carbocycles. The highest BCUT2D eigenvalue weighted by Gasteiger charge is 2.28. The molecular weight excluding hydrogens is 875 g/mol. The average Bonchev–Trinajstić information content (AvgIpc) is 3.38. The first-order valence-corrected chi connectivity index (χ1v) is 32.2. The summed E-state index contributed by atoms with van der Waals surface area (Å²) >= 11 is 0. The largest absolute Gasteiger partial charge is 0.394 e. The normalized spacial score (nSPS) is 13.7. The number of nitrogens with one attached hydrogen (secondary N) is 1. The molecule has 4 atom stereocenters. The first kappa shape index (κ1) is 69.8. The van der Waals surface area contributed by atoms with Gasteiger partial charge < -0.3 is 25.7 Å². The fourth-order valence-corrected chi connectivity index (χ4v) is 10.4. The summed E-state index contributed by atoms with van der Waals surface area (Å²) in [4.78, 5) is 12.6. The Morgan fingerprint density at radius 3 is 0.887 bits per heavy atom. The number of aliphatic hydroxyl groups is 4. The number of amides is 1. The molecule has 422 valence electrons. The summed E-state index contributed by atoms with van der Waals surface area (Å²) in [6.07, 6.45) is 74.1. The van der Waals surface area contributed by atoms with Crippen molar-refractivity contribution in [3.63, 3.8) is 0 Å². The van der Waals surface area contributed by atoms with Gasteiger partial charge in [0.1, 0.15) is 12.2 Å². The smallest absolute Gasteiger partial charge is 0.249 e. The molecular formula is C65H127NO5. The van der Waals surface area contributed by atoms with Gasteiger partial charge in [0.25, 0.3) is 0 Å². The van der Waals surface area contributed by atoms with E-state index in [-0.39, 0.29) is 0 Å². The number of rotatable bonds is 60. The van der Waals surface area contributed by atoms with Crippen molar-refractivity contribution in [1.82, 2.24) is 5.32 Å². The molecule has 6 nitrogen and oxygen atoms in total. The number of unbranched alkanes of at least 4 members (excludes halogenated alkanes) is 47. The summed E-state index contributed by atoms with van der Waals surface area (Å²) in [7, 11) is 0. The zero-order valence-electron chi connectivity index (χ0n) is 48.0. The zero-order valence-corrected chi connectivity index (χ0v) is 48.0. The minimum absolute atomic E-state index is 0.371. The Morgan fingerprint density at radius 2 is 0.606 bits per heavy atom. The third-order valence-electron chi connectivity index (χ3n) is 15.4. The topological polar surface area (TPSA) is 110 Å². The quantitative estimate of drug-likeness (QED) is 0.0308. The molecule has 0 aliphatic heterocycles. The predicted molar refractivity (Wildman–Crippen MR) is 311 cm³/mol. The fraction of sp³-hybridized carbons (Fsp3) is 0.923. The van der Waals surface area contributed by atoms with Gasteiger partial charge in [-0.3, -0.25) is 4.79 Å². The van der Waals surface area contributed by atoms with Gasteiger partial charge in [-0.1, -0.05) is 334 Å². The third-order valence-corrected chi connectivity index (χ3v) is 15.4. The van der Waals surface area contributed by atoms with Crippen molar-refractivity contribution in [2.45, 2.75) is 379 Å². The van der Waals surface area contributed by atoms with Gasteiger partial charge in [-0.2, -0.15) is 0 Å². The van der Waals surface area contributed by atoms with Crippen molar-refractivity contribution in [2.24, 2.45) is 0 Å². The highest BCUT2D eigenvalue weighted by molar-refractivity contribution is 5.80. The first-order chi connectivity index (χ1) is 35.0. The second-order valence-corrected chi connectivity index (χ2v) is 22.5. The molecule has 0 heterocycles. The van der Waals surface area contributed by atoms with Gasteiger partial charge in [0, 0.05) is 0 Å². The van der Waals surface area contributed by atoms with Crippen LogP contribution in [0.25, 0.3) is 0 Å². The van der Waals surface area contributed by atoms with Gasteiger partial charge in [0.15, 0.2) is 0 Å². The Kier molecular flexibility index (Phi) is 58.6. The van der Waals surface area contributed by atoms with E-state index in [9.17, 15) is 25.2 Å². The number of aliphatic hydroxyl groups excluding tert-OH is 4. The van der Waals surface area contributed by atoms with Crippen LogP contribution in [0.5, 0.6) is 0 Å². The van der Waals surface area contributed by atoms with E-state index in [1.165, 1.54) is 283 Å². The van der Waals surface area contributed by atoms with Crippen molar-refractivity contribution >= 4 is 5.91 Å². The molecule has 6 heteroatoms. The Bertz CT molecular complexity index is 1080. The highest BCUT2D eigenvalue weighted by atomic mass is 16.3. The maximum absolute atomic E-state index is 12.6. The number of hydrogen-bond donors (Lipinski definition) is 5. The summed E-state index contributed by atoms with van der Waals surface area (Å²) < 4.78 is 0. The maximum Gasteiger partial charge on any atom is 0.249 e. The van der Waals surface area contributed by atoms with Crippen molar-refractivity contribution in [3.8, 4) is 0 Å². The summed E-state index contributed by atoms with van der Waals surface area (Å²) in [6, 6.07) is -0.986. The van der Waals surface area contributed by atoms with Crippen LogP contribution in [0.15, 0.2) is 24.3 Å². The van der Waals surface area contributed by atoms with Gasteiger partial charge in [-0.05, 0) is 44.9 Å². The average molecular weight is 1000 g/mol. The lowest BCUT2D eigenvalue weighted by atomic mass is 9.99. The van der Waals surface area contributed by atoms with Gasteiger partial charge >= 0.3 is 0 Å². The molecule has 0 aliphatic carbocycles. The van der Waals surface area contributed by atoms with E-state index in [0.29, 0.717) is 12.8 Å². The molecule has 1 amide bonds. The van der Waals surface area contributed by atoms with Crippen LogP contribution in [0.4, 0.5) is 0 Å². The van der Waals surface area contributed by atoms with Crippen LogP contribution in [0, 0.1) is 0 Å². The van der Waals surface area contributed by atoms with Crippen molar-refractivity contribution in [3.05, 3.63) is 24.3 Å². The second kappa shape index (κ2) is 59.7. The molecule has 0 aromatic rings. The summed E-state index contributed by atoms with van der Waals surface area (Å²) in [5.41, 5.74) is 0. The molecule has 0 saturated heterocycles. The lowest BCUT2D eigenvalue weighted by Crippen LogP contribution is -2.53. The van der Waals surface area contributed by atoms with E-state index in [2.05, 4.69) is 43.5 Å². The van der Waals surface area contributed by atoms with Crippen molar-refractivity contribution in [2.75, 3.05) is 6.61 Å². The van der Waals surface area contributed by atoms with E-state index >= 15 is 0 Å². The van der Waals surface area contributed by atoms with Crippen molar-refractivity contribution < 1.29 is 25.2 Å². The molecule has 0 aromatic heterocycles. The van der Waals surface area contributed by atoms with Gasteiger partial charge in [0.05, 0.1) is 18.8 Å². The highest BCUT2D eigenvalue weighted by Crippen LogP contribution is 2.19. The predicted octanol–water partition coefficient (Wildman–Crippen LogP) is 19.4. The van der Waals surface area contributed by atoms with E-state index in [4.69, 9.17) is 0 Å². The van der Waals surface area contributed by atoms with Crippen LogP contribution in [0.1, 0.15) is 354 Å². The number of carbonyl (C=O) groups is 1. The molecule has 4 unspecified atom stereocenters. The molecule has 5 N–H and O–H groups in total. The minimum Gasteiger partial charge on any atom is -0.394 e. The summed E-state index contributed by atoms with van der Waals surface area (Å²) in [6.45, 7) is 4.10. The SMILES string of the molecule is CCCCCCCCCCC/C=C\C/C=C\CCCCCCCCCCCCCCCCC(O)C(=O)NC(CO)C(O)C(O)CCCCCCCCCCCCCCCCCCCCCCCCCCC. The lowest BCUT2D eigenvalue weighted by molar-refractivity contribution is -0.132. The van der Waals surface area contributed by atoms with Crippen LogP contribution in [0.3, 0.4) is 0 Å². The molecule has 71 heavy (non-hydrogen) atoms. The summed E-state index contributed by atoms with van der Waals surface area (Å²) in [5.74, 6) is -0.578. The molecule has 0 bridgehead atoms. The van der Waals surface area contributed by atoms with Crippen LogP contribution < -0.4 is 5.32 Å². The molecule has 0 aliphatic rings. The molecule has 0 radical (unpaired) electrons. The fourth-order valence-electron chi connectivity index (χ4n) is 10.4. The molecule has 0 rings (SSSR count). The van der Waals surface area contributed by atoms with E-state index < -0.39 is 36.9 Å². The Hall–Kier alpha value is -1.21. The Balaban J connectivity index is 3.57.